The van der Waals surface area contributed by atoms with Crippen molar-refractivity contribution in [2.75, 3.05) is 0 Å². The molecule has 0 aliphatic heterocycles. The monoisotopic (exact) mass is 212 g/mol. The molecule has 0 spiro atoms. The van der Waals surface area contributed by atoms with E-state index in [1.165, 1.54) is 0 Å². The molecule has 0 unspecified atom stereocenters. The normalized spacial score (nSPS) is 11.1. The van der Waals surface area contributed by atoms with Gasteiger partial charge in [-0.05, 0) is 44.2 Å². The van der Waals surface area contributed by atoms with Crippen LogP contribution in [0.3, 0.4) is 0 Å². The summed E-state index contributed by atoms with van der Waals surface area (Å²) in [6, 6.07) is 10.1. The van der Waals surface area contributed by atoms with Crippen molar-refractivity contribution in [1.82, 2.24) is 9.97 Å². The molecule has 2 aromatic heterocycles. The van der Waals surface area contributed by atoms with Gasteiger partial charge in [-0.15, -0.1) is 0 Å². The molecule has 0 bridgehead atoms. The van der Waals surface area contributed by atoms with E-state index in [-0.39, 0.29) is 0 Å². The number of fused-ring (bicyclic) bond motifs is 1. The number of rotatable bonds is 1. The zero-order chi connectivity index (χ0) is 11.1. The Balaban J connectivity index is 2.17. The third kappa shape index (κ3) is 1.41. The van der Waals surface area contributed by atoms with Gasteiger partial charge in [0.25, 0.3) is 0 Å². The first-order valence-corrected chi connectivity index (χ1v) is 5.25. The van der Waals surface area contributed by atoms with Crippen molar-refractivity contribution >= 4 is 11.0 Å². The molecule has 3 heteroatoms. The fourth-order valence-electron chi connectivity index (χ4n) is 1.88. The maximum absolute atomic E-state index is 5.59. The lowest BCUT2D eigenvalue weighted by atomic mass is 10.1. The molecule has 0 atom stereocenters. The van der Waals surface area contributed by atoms with Gasteiger partial charge < -0.3 is 9.40 Å². The summed E-state index contributed by atoms with van der Waals surface area (Å²) >= 11 is 0. The Labute approximate surface area is 93.1 Å². The number of aryl methyl sites for hydroxylation is 2. The summed E-state index contributed by atoms with van der Waals surface area (Å²) in [4.78, 5) is 7.59. The number of aromatic nitrogens is 2. The van der Waals surface area contributed by atoms with Crippen LogP contribution in [0.5, 0.6) is 0 Å². The molecule has 3 rings (SSSR count). The number of H-pyrrole nitrogens is 1. The summed E-state index contributed by atoms with van der Waals surface area (Å²) in [6.45, 7) is 3.90. The number of imidazole rings is 1. The van der Waals surface area contributed by atoms with Gasteiger partial charge in [0, 0.05) is 5.56 Å². The van der Waals surface area contributed by atoms with E-state index in [0.29, 0.717) is 0 Å². The first-order chi connectivity index (χ1) is 7.72. The standard InChI is InChI=1S/C13H12N2O/c1-8-3-6-13(16-8)10-4-5-11-12(7-10)15-9(2)14-11/h3-7H,1-2H3,(H,14,15). The van der Waals surface area contributed by atoms with Gasteiger partial charge in [0.05, 0.1) is 11.0 Å². The maximum atomic E-state index is 5.59. The molecule has 0 amide bonds. The number of benzene rings is 1. The van der Waals surface area contributed by atoms with Gasteiger partial charge in [0.15, 0.2) is 0 Å². The smallest absolute Gasteiger partial charge is 0.134 e. The van der Waals surface area contributed by atoms with E-state index in [4.69, 9.17) is 4.42 Å². The third-order valence-electron chi connectivity index (χ3n) is 2.63. The van der Waals surface area contributed by atoms with Crippen LogP contribution in [0.4, 0.5) is 0 Å². The van der Waals surface area contributed by atoms with Crippen molar-refractivity contribution in [2.24, 2.45) is 0 Å². The summed E-state index contributed by atoms with van der Waals surface area (Å²) in [5, 5.41) is 0. The Morgan fingerprint density at radius 2 is 2.00 bits per heavy atom. The van der Waals surface area contributed by atoms with Gasteiger partial charge in [-0.3, -0.25) is 0 Å². The molecule has 0 fully saturated rings. The summed E-state index contributed by atoms with van der Waals surface area (Å²) in [6.07, 6.45) is 0. The molecule has 0 aliphatic rings. The van der Waals surface area contributed by atoms with Gasteiger partial charge in [0.1, 0.15) is 17.3 Å². The minimum atomic E-state index is 0.895. The molecule has 1 aromatic carbocycles. The topological polar surface area (TPSA) is 41.8 Å². The maximum Gasteiger partial charge on any atom is 0.134 e. The van der Waals surface area contributed by atoms with Crippen molar-refractivity contribution in [3.05, 3.63) is 41.9 Å². The quantitative estimate of drug-likeness (QED) is 0.671. The zero-order valence-corrected chi connectivity index (χ0v) is 9.24. The van der Waals surface area contributed by atoms with Crippen molar-refractivity contribution in [2.45, 2.75) is 13.8 Å². The van der Waals surface area contributed by atoms with Gasteiger partial charge in [-0.1, -0.05) is 0 Å². The first-order valence-electron chi connectivity index (χ1n) is 5.25. The van der Waals surface area contributed by atoms with E-state index in [0.717, 1.165) is 33.9 Å². The van der Waals surface area contributed by atoms with Crippen LogP contribution in [0.2, 0.25) is 0 Å². The van der Waals surface area contributed by atoms with E-state index in [1.54, 1.807) is 0 Å². The Kier molecular flexibility index (Phi) is 1.86. The number of hydrogen-bond donors (Lipinski definition) is 1. The van der Waals surface area contributed by atoms with E-state index < -0.39 is 0 Å². The fourth-order valence-corrected chi connectivity index (χ4v) is 1.88. The molecule has 80 valence electrons. The molecule has 0 saturated carbocycles. The zero-order valence-electron chi connectivity index (χ0n) is 9.24. The molecule has 1 N–H and O–H groups in total. The highest BCUT2D eigenvalue weighted by atomic mass is 16.3. The Morgan fingerprint density at radius 1 is 1.12 bits per heavy atom. The van der Waals surface area contributed by atoms with Gasteiger partial charge in [-0.25, -0.2) is 4.98 Å². The number of hydrogen-bond acceptors (Lipinski definition) is 2. The molecular weight excluding hydrogens is 200 g/mol. The summed E-state index contributed by atoms with van der Waals surface area (Å²) in [7, 11) is 0. The van der Waals surface area contributed by atoms with Crippen LogP contribution in [0.25, 0.3) is 22.4 Å². The minimum Gasteiger partial charge on any atom is -0.461 e. The van der Waals surface area contributed by atoms with Crippen molar-refractivity contribution in [3.8, 4) is 11.3 Å². The van der Waals surface area contributed by atoms with Crippen LogP contribution in [0.1, 0.15) is 11.6 Å². The van der Waals surface area contributed by atoms with E-state index in [9.17, 15) is 0 Å². The predicted molar refractivity (Wildman–Crippen MR) is 63.3 cm³/mol. The summed E-state index contributed by atoms with van der Waals surface area (Å²) in [5.41, 5.74) is 3.11. The average Bonchev–Trinajstić information content (AvgIpc) is 2.81. The lowest BCUT2D eigenvalue weighted by Crippen LogP contribution is -1.74. The third-order valence-corrected chi connectivity index (χ3v) is 2.63. The van der Waals surface area contributed by atoms with E-state index in [1.807, 2.05) is 38.1 Å². The highest BCUT2D eigenvalue weighted by molar-refractivity contribution is 5.80. The highest BCUT2D eigenvalue weighted by Crippen LogP contribution is 2.24. The average molecular weight is 212 g/mol. The van der Waals surface area contributed by atoms with Crippen LogP contribution in [0, 0.1) is 13.8 Å². The van der Waals surface area contributed by atoms with Crippen LogP contribution in [-0.4, -0.2) is 9.97 Å². The molecule has 16 heavy (non-hydrogen) atoms. The Morgan fingerprint density at radius 3 is 2.75 bits per heavy atom. The SMILES string of the molecule is Cc1nc2ccc(-c3ccc(C)o3)cc2[nH]1. The summed E-state index contributed by atoms with van der Waals surface area (Å²) in [5.74, 6) is 2.75. The fraction of sp³-hybridized carbons (Fsp3) is 0.154. The number of nitrogens with one attached hydrogen (secondary N) is 1. The van der Waals surface area contributed by atoms with E-state index >= 15 is 0 Å². The van der Waals surface area contributed by atoms with Gasteiger partial charge in [-0.2, -0.15) is 0 Å². The molecule has 2 heterocycles. The highest BCUT2D eigenvalue weighted by Gasteiger charge is 2.05. The number of aromatic amines is 1. The van der Waals surface area contributed by atoms with Gasteiger partial charge >= 0.3 is 0 Å². The van der Waals surface area contributed by atoms with Crippen LogP contribution in [0.15, 0.2) is 34.7 Å². The molecule has 0 aliphatic carbocycles. The second kappa shape index (κ2) is 3.23. The van der Waals surface area contributed by atoms with Gasteiger partial charge in [0.2, 0.25) is 0 Å². The molecular formula is C13H12N2O. The van der Waals surface area contributed by atoms with Crippen LogP contribution >= 0.6 is 0 Å². The van der Waals surface area contributed by atoms with Crippen LogP contribution < -0.4 is 0 Å². The van der Waals surface area contributed by atoms with Crippen molar-refractivity contribution < 1.29 is 4.42 Å². The second-order valence-electron chi connectivity index (χ2n) is 3.96. The molecule has 3 nitrogen and oxygen atoms in total. The number of nitrogens with zero attached hydrogens (tertiary/aromatic N) is 1. The first kappa shape index (κ1) is 9.21. The molecule has 0 radical (unpaired) electrons. The minimum absolute atomic E-state index is 0.895. The van der Waals surface area contributed by atoms with E-state index in [2.05, 4.69) is 16.0 Å². The van der Waals surface area contributed by atoms with Crippen molar-refractivity contribution in [1.29, 1.82) is 0 Å². The van der Waals surface area contributed by atoms with Crippen molar-refractivity contribution in [3.63, 3.8) is 0 Å². The second-order valence-corrected chi connectivity index (χ2v) is 3.96. The van der Waals surface area contributed by atoms with Crippen LogP contribution in [-0.2, 0) is 0 Å². The predicted octanol–water partition coefficient (Wildman–Crippen LogP) is 3.44. The lowest BCUT2D eigenvalue weighted by molar-refractivity contribution is 0.548. The lowest BCUT2D eigenvalue weighted by Gasteiger charge is -1.96. The molecule has 0 saturated heterocycles. The molecule has 3 aromatic rings. The summed E-state index contributed by atoms with van der Waals surface area (Å²) < 4.78 is 5.59. The largest absolute Gasteiger partial charge is 0.461 e. The number of furan rings is 1. The Hall–Kier alpha value is -2.03. The Bertz CT molecular complexity index is 649.